The van der Waals surface area contributed by atoms with Crippen molar-refractivity contribution in [1.29, 1.82) is 0 Å². The highest BCUT2D eigenvalue weighted by Gasteiger charge is 2.06. The molecule has 0 aliphatic rings. The van der Waals surface area contributed by atoms with Gasteiger partial charge in [0, 0.05) is 10.9 Å². The number of nitrogens with one attached hydrogen (secondary N) is 1. The Morgan fingerprint density at radius 3 is 2.83 bits per heavy atom. The van der Waals surface area contributed by atoms with E-state index in [0.717, 1.165) is 16.3 Å². The van der Waals surface area contributed by atoms with Gasteiger partial charge in [0.15, 0.2) is 0 Å². The van der Waals surface area contributed by atoms with Crippen molar-refractivity contribution in [2.24, 2.45) is 5.10 Å². The molecule has 92 valence electrons. The molecule has 2 rings (SSSR count). The van der Waals surface area contributed by atoms with E-state index in [4.69, 9.17) is 0 Å². The molecule has 0 spiro atoms. The van der Waals surface area contributed by atoms with Gasteiger partial charge in [0.1, 0.15) is 0 Å². The van der Waals surface area contributed by atoms with Gasteiger partial charge in [0.2, 0.25) is 0 Å². The van der Waals surface area contributed by atoms with Gasteiger partial charge in [-0.15, -0.1) is 11.3 Å². The predicted molar refractivity (Wildman–Crippen MR) is 73.1 cm³/mol. The number of aromatic nitrogens is 1. The highest BCUT2D eigenvalue weighted by atomic mass is 32.1. The zero-order chi connectivity index (χ0) is 13.0. The molecule has 0 radical (unpaired) electrons. The third-order valence-electron chi connectivity index (χ3n) is 2.39. The summed E-state index contributed by atoms with van der Waals surface area (Å²) in [6.07, 6.45) is 1.54. The average molecular weight is 259 g/mol. The average Bonchev–Trinajstić information content (AvgIpc) is 2.75. The van der Waals surface area contributed by atoms with Crippen LogP contribution in [0, 0.1) is 13.8 Å². The van der Waals surface area contributed by atoms with E-state index in [-0.39, 0.29) is 5.91 Å². The van der Waals surface area contributed by atoms with E-state index in [1.165, 1.54) is 0 Å². The molecule has 0 saturated heterocycles. The maximum Gasteiger partial charge on any atom is 0.271 e. The van der Waals surface area contributed by atoms with Crippen molar-refractivity contribution in [3.8, 4) is 0 Å². The number of thiazole rings is 1. The minimum absolute atomic E-state index is 0.212. The van der Waals surface area contributed by atoms with Crippen LogP contribution in [0.3, 0.4) is 0 Å². The summed E-state index contributed by atoms with van der Waals surface area (Å²) in [6, 6.07) is 7.39. The molecule has 2 aromatic rings. The van der Waals surface area contributed by atoms with Crippen molar-refractivity contribution >= 4 is 23.5 Å². The number of nitrogens with zero attached hydrogens (tertiary/aromatic N) is 2. The Kier molecular flexibility index (Phi) is 3.84. The first-order chi connectivity index (χ1) is 8.66. The lowest BCUT2D eigenvalue weighted by Crippen LogP contribution is -2.18. The highest BCUT2D eigenvalue weighted by molar-refractivity contribution is 7.09. The number of hydrogen-bond donors (Lipinski definition) is 1. The lowest BCUT2D eigenvalue weighted by atomic mass is 10.1. The quantitative estimate of drug-likeness (QED) is 0.680. The predicted octanol–water partition coefficient (Wildman–Crippen LogP) is 2.52. The molecule has 18 heavy (non-hydrogen) atoms. The molecule has 0 unspecified atom stereocenters. The maximum atomic E-state index is 11.8. The molecule has 5 heteroatoms. The van der Waals surface area contributed by atoms with Crippen molar-refractivity contribution in [3.63, 3.8) is 0 Å². The van der Waals surface area contributed by atoms with E-state index in [1.54, 1.807) is 23.6 Å². The number of benzene rings is 1. The van der Waals surface area contributed by atoms with Gasteiger partial charge < -0.3 is 0 Å². The van der Waals surface area contributed by atoms with Gasteiger partial charge >= 0.3 is 0 Å². The zero-order valence-electron chi connectivity index (χ0n) is 10.2. The Bertz CT molecular complexity index is 589. The Balaban J connectivity index is 2.01. The molecule has 4 nitrogen and oxygen atoms in total. The number of rotatable bonds is 3. The molecule has 0 aliphatic carbocycles. The summed E-state index contributed by atoms with van der Waals surface area (Å²) in [7, 11) is 0. The smallest absolute Gasteiger partial charge is 0.267 e. The molecule has 0 fully saturated rings. The monoisotopic (exact) mass is 259 g/mol. The van der Waals surface area contributed by atoms with Crippen molar-refractivity contribution in [2.75, 3.05) is 0 Å². The Labute approximate surface area is 109 Å². The van der Waals surface area contributed by atoms with Crippen molar-refractivity contribution in [1.82, 2.24) is 10.4 Å². The molecule has 0 aliphatic heterocycles. The number of hydrogen-bond acceptors (Lipinski definition) is 4. The van der Waals surface area contributed by atoms with E-state index in [1.807, 2.05) is 37.4 Å². The summed E-state index contributed by atoms with van der Waals surface area (Å²) in [5.41, 5.74) is 4.80. The van der Waals surface area contributed by atoms with Crippen LogP contribution in [0.2, 0.25) is 0 Å². The molecule has 0 saturated carbocycles. The summed E-state index contributed by atoms with van der Waals surface area (Å²) >= 11 is 1.55. The van der Waals surface area contributed by atoms with Crippen LogP contribution in [-0.4, -0.2) is 17.1 Å². The molecule has 1 heterocycles. The first-order valence-electron chi connectivity index (χ1n) is 5.48. The summed E-state index contributed by atoms with van der Waals surface area (Å²) in [5.74, 6) is -0.212. The Morgan fingerprint density at radius 1 is 1.39 bits per heavy atom. The zero-order valence-corrected chi connectivity index (χ0v) is 11.0. The van der Waals surface area contributed by atoms with E-state index in [9.17, 15) is 4.79 Å². The molecule has 1 amide bonds. The molecule has 1 aromatic carbocycles. The fourth-order valence-electron chi connectivity index (χ4n) is 1.48. The van der Waals surface area contributed by atoms with Gasteiger partial charge in [0.25, 0.3) is 5.91 Å². The molecular formula is C13H13N3OS. The lowest BCUT2D eigenvalue weighted by molar-refractivity contribution is 0.0954. The summed E-state index contributed by atoms with van der Waals surface area (Å²) < 4.78 is 0. The Morgan fingerprint density at radius 2 is 2.17 bits per heavy atom. The number of aryl methyl sites for hydroxylation is 2. The minimum Gasteiger partial charge on any atom is -0.267 e. The summed E-state index contributed by atoms with van der Waals surface area (Å²) in [4.78, 5) is 16.0. The highest BCUT2D eigenvalue weighted by Crippen LogP contribution is 2.07. The van der Waals surface area contributed by atoms with Crippen LogP contribution in [0.15, 0.2) is 34.7 Å². The third-order valence-corrected chi connectivity index (χ3v) is 3.18. The van der Waals surface area contributed by atoms with Crippen LogP contribution in [0.5, 0.6) is 0 Å². The van der Waals surface area contributed by atoms with Crippen molar-refractivity contribution in [2.45, 2.75) is 13.8 Å². The number of amides is 1. The number of carbonyl (C=O) groups excluding carboxylic acids is 1. The van der Waals surface area contributed by atoms with Crippen molar-refractivity contribution < 1.29 is 4.79 Å². The van der Waals surface area contributed by atoms with Gasteiger partial charge in [0.05, 0.1) is 16.9 Å². The van der Waals surface area contributed by atoms with Crippen LogP contribution in [0.1, 0.15) is 26.6 Å². The molecule has 1 aromatic heterocycles. The Hall–Kier alpha value is -2.01. The maximum absolute atomic E-state index is 11.8. The van der Waals surface area contributed by atoms with Crippen LogP contribution in [-0.2, 0) is 0 Å². The van der Waals surface area contributed by atoms with Crippen LogP contribution < -0.4 is 5.43 Å². The fourth-order valence-corrected chi connectivity index (χ4v) is 2.05. The minimum atomic E-state index is -0.212. The molecule has 0 atom stereocenters. The standard InChI is InChI=1S/C13H13N3OS/c1-9-5-3-4-6-12(9)13(17)16-14-7-11-8-18-10(2)15-11/h3-8H,1-2H3,(H,16,17)/b14-7-. The van der Waals surface area contributed by atoms with Gasteiger partial charge in [-0.05, 0) is 25.5 Å². The SMILES string of the molecule is Cc1nc(/C=N\NC(=O)c2ccccc2C)cs1. The van der Waals surface area contributed by atoms with Gasteiger partial charge in [-0.1, -0.05) is 18.2 Å². The largest absolute Gasteiger partial charge is 0.271 e. The second-order valence-electron chi connectivity index (χ2n) is 3.81. The van der Waals surface area contributed by atoms with Crippen LogP contribution in [0.4, 0.5) is 0 Å². The van der Waals surface area contributed by atoms with Gasteiger partial charge in [-0.25, -0.2) is 10.4 Å². The van der Waals surface area contributed by atoms with Crippen molar-refractivity contribution in [3.05, 3.63) is 51.5 Å². The van der Waals surface area contributed by atoms with Gasteiger partial charge in [-0.3, -0.25) is 4.79 Å². The summed E-state index contributed by atoms with van der Waals surface area (Å²) in [5, 5.41) is 6.75. The van der Waals surface area contributed by atoms with Crippen LogP contribution >= 0.6 is 11.3 Å². The van der Waals surface area contributed by atoms with E-state index in [0.29, 0.717) is 5.56 Å². The van der Waals surface area contributed by atoms with E-state index >= 15 is 0 Å². The lowest BCUT2D eigenvalue weighted by Gasteiger charge is -2.02. The molecular weight excluding hydrogens is 246 g/mol. The first-order valence-corrected chi connectivity index (χ1v) is 6.36. The van der Waals surface area contributed by atoms with E-state index < -0.39 is 0 Å². The molecule has 0 bridgehead atoms. The normalized spacial score (nSPS) is 10.8. The van der Waals surface area contributed by atoms with E-state index in [2.05, 4.69) is 15.5 Å². The van der Waals surface area contributed by atoms with Crippen LogP contribution in [0.25, 0.3) is 0 Å². The topological polar surface area (TPSA) is 54.4 Å². The van der Waals surface area contributed by atoms with Gasteiger partial charge in [-0.2, -0.15) is 5.10 Å². The first kappa shape index (κ1) is 12.4. The third kappa shape index (κ3) is 3.01. The number of hydrazone groups is 1. The summed E-state index contributed by atoms with van der Waals surface area (Å²) in [6.45, 7) is 3.82. The second kappa shape index (κ2) is 5.55. The fraction of sp³-hybridized carbons (Fsp3) is 0.154. The molecule has 1 N–H and O–H groups in total. The number of carbonyl (C=O) groups is 1. The second-order valence-corrected chi connectivity index (χ2v) is 4.87.